The number of alkyl halides is 1. The van der Waals surface area contributed by atoms with Crippen LogP contribution in [0.1, 0.15) is 5.69 Å². The highest BCUT2D eigenvalue weighted by Gasteiger charge is 2.33. The minimum atomic E-state index is -2.38. The molecule has 0 saturated heterocycles. The molecule has 0 atom stereocenters. The molecule has 1 aromatic heterocycles. The molecule has 2 N–H and O–H groups in total. The van der Waals surface area contributed by atoms with Gasteiger partial charge in [-0.3, -0.25) is 0 Å². The Morgan fingerprint density at radius 3 is 2.45 bits per heavy atom. The Kier molecular flexibility index (Phi) is 4.95. The summed E-state index contributed by atoms with van der Waals surface area (Å²) in [4.78, 5) is 4.10. The predicted molar refractivity (Wildman–Crippen MR) is 78.2 cm³/mol. The number of hydrogen-bond donors (Lipinski definition) is 2. The number of aliphatic hydroxyl groups is 2. The van der Waals surface area contributed by atoms with Crippen LogP contribution in [0.4, 0.5) is 8.78 Å². The Bertz CT molecular complexity index is 678. The standard InChI is InChI=1S/C15H14ClF2NO3/c1-22-12-4-5-13(15(18,7-20)8-21)19-14(12)9-2-3-11(17)10(16)6-9/h2-6,20-21H,7-8H2,1H3. The quantitative estimate of drug-likeness (QED) is 0.885. The van der Waals surface area contributed by atoms with Crippen molar-refractivity contribution in [2.24, 2.45) is 0 Å². The number of nitrogens with zero attached hydrogens (tertiary/aromatic N) is 1. The molecular weight excluding hydrogens is 316 g/mol. The zero-order valence-corrected chi connectivity index (χ0v) is 12.4. The molecule has 118 valence electrons. The SMILES string of the molecule is COc1ccc(C(F)(CO)CO)nc1-c1ccc(F)c(Cl)c1. The molecule has 2 rings (SSSR count). The number of aliphatic hydroxyl groups excluding tert-OH is 2. The second-order valence-corrected chi connectivity index (χ2v) is 5.06. The van der Waals surface area contributed by atoms with E-state index in [1.165, 1.54) is 31.4 Å². The van der Waals surface area contributed by atoms with Gasteiger partial charge in [0.25, 0.3) is 0 Å². The lowest BCUT2D eigenvalue weighted by atomic mass is 10.0. The molecule has 0 fully saturated rings. The Labute approximate surface area is 131 Å². The van der Waals surface area contributed by atoms with Gasteiger partial charge in [-0.15, -0.1) is 0 Å². The first-order valence-corrected chi connectivity index (χ1v) is 6.74. The highest BCUT2D eigenvalue weighted by molar-refractivity contribution is 6.31. The summed E-state index contributed by atoms with van der Waals surface area (Å²) < 4.78 is 32.8. The van der Waals surface area contributed by atoms with E-state index in [0.717, 1.165) is 6.07 Å². The minimum Gasteiger partial charge on any atom is -0.494 e. The van der Waals surface area contributed by atoms with Gasteiger partial charge >= 0.3 is 0 Å². The van der Waals surface area contributed by atoms with Crippen LogP contribution >= 0.6 is 11.6 Å². The largest absolute Gasteiger partial charge is 0.494 e. The van der Waals surface area contributed by atoms with Crippen molar-refractivity contribution in [3.8, 4) is 17.0 Å². The first-order chi connectivity index (χ1) is 10.4. The van der Waals surface area contributed by atoms with E-state index in [0.29, 0.717) is 11.3 Å². The molecule has 4 nitrogen and oxygen atoms in total. The Hall–Kier alpha value is -1.76. The maximum Gasteiger partial charge on any atom is 0.198 e. The molecule has 0 bridgehead atoms. The van der Waals surface area contributed by atoms with Crippen molar-refractivity contribution in [3.63, 3.8) is 0 Å². The highest BCUT2D eigenvalue weighted by Crippen LogP contribution is 2.34. The number of aromatic nitrogens is 1. The molecule has 1 aromatic carbocycles. The van der Waals surface area contributed by atoms with Crippen LogP contribution in [0.3, 0.4) is 0 Å². The average Bonchev–Trinajstić information content (AvgIpc) is 2.56. The number of methoxy groups -OCH3 is 1. The topological polar surface area (TPSA) is 62.6 Å². The van der Waals surface area contributed by atoms with E-state index < -0.39 is 24.7 Å². The summed E-state index contributed by atoms with van der Waals surface area (Å²) in [6.07, 6.45) is 0. The van der Waals surface area contributed by atoms with Gasteiger partial charge in [-0.1, -0.05) is 11.6 Å². The fraction of sp³-hybridized carbons (Fsp3) is 0.267. The second kappa shape index (κ2) is 6.56. The van der Waals surface area contributed by atoms with Crippen LogP contribution in [-0.2, 0) is 5.67 Å². The third-order valence-corrected chi connectivity index (χ3v) is 3.52. The van der Waals surface area contributed by atoms with Crippen LogP contribution in [0.5, 0.6) is 5.75 Å². The Balaban J connectivity index is 2.60. The number of rotatable bonds is 5. The molecule has 0 radical (unpaired) electrons. The van der Waals surface area contributed by atoms with Crippen LogP contribution in [0.2, 0.25) is 5.02 Å². The first-order valence-electron chi connectivity index (χ1n) is 6.36. The first kappa shape index (κ1) is 16.6. The van der Waals surface area contributed by atoms with Crippen molar-refractivity contribution in [1.29, 1.82) is 0 Å². The summed E-state index contributed by atoms with van der Waals surface area (Å²) in [5, 5.41) is 18.2. The van der Waals surface area contributed by atoms with Crippen LogP contribution in [0.25, 0.3) is 11.3 Å². The Morgan fingerprint density at radius 1 is 1.23 bits per heavy atom. The van der Waals surface area contributed by atoms with Gasteiger partial charge in [-0.2, -0.15) is 0 Å². The van der Waals surface area contributed by atoms with Gasteiger partial charge in [0.1, 0.15) is 17.3 Å². The molecule has 0 unspecified atom stereocenters. The van der Waals surface area contributed by atoms with Gasteiger partial charge < -0.3 is 14.9 Å². The van der Waals surface area contributed by atoms with Crippen LogP contribution in [0.15, 0.2) is 30.3 Å². The van der Waals surface area contributed by atoms with Crippen LogP contribution in [-0.4, -0.2) is 35.5 Å². The second-order valence-electron chi connectivity index (χ2n) is 4.66. The fourth-order valence-corrected chi connectivity index (χ4v) is 2.10. The smallest absolute Gasteiger partial charge is 0.198 e. The van der Waals surface area contributed by atoms with E-state index in [2.05, 4.69) is 4.98 Å². The molecule has 0 aliphatic heterocycles. The fourth-order valence-electron chi connectivity index (χ4n) is 1.92. The van der Waals surface area contributed by atoms with Crippen LogP contribution in [0, 0.1) is 5.82 Å². The third-order valence-electron chi connectivity index (χ3n) is 3.23. The summed E-state index contributed by atoms with van der Waals surface area (Å²) in [6, 6.07) is 6.68. The summed E-state index contributed by atoms with van der Waals surface area (Å²) >= 11 is 5.75. The molecule has 0 amide bonds. The van der Waals surface area contributed by atoms with Gasteiger partial charge in [0.05, 0.1) is 31.0 Å². The molecule has 7 heteroatoms. The summed E-state index contributed by atoms with van der Waals surface area (Å²) in [5.41, 5.74) is -1.90. The van der Waals surface area contributed by atoms with Crippen molar-refractivity contribution < 1.29 is 23.7 Å². The van der Waals surface area contributed by atoms with E-state index >= 15 is 0 Å². The van der Waals surface area contributed by atoms with E-state index in [-0.39, 0.29) is 16.4 Å². The van der Waals surface area contributed by atoms with E-state index in [1.807, 2.05) is 0 Å². The van der Waals surface area contributed by atoms with Gasteiger partial charge in [0, 0.05) is 5.56 Å². The van der Waals surface area contributed by atoms with Crippen LogP contribution < -0.4 is 4.74 Å². The van der Waals surface area contributed by atoms with E-state index in [1.54, 1.807) is 0 Å². The molecular formula is C15H14ClF2NO3. The summed E-state index contributed by atoms with van der Waals surface area (Å²) in [6.45, 7) is -1.85. The van der Waals surface area contributed by atoms with Gasteiger partial charge in [-0.05, 0) is 30.3 Å². The van der Waals surface area contributed by atoms with Crippen molar-refractivity contribution in [3.05, 3.63) is 46.9 Å². The average molecular weight is 330 g/mol. The third kappa shape index (κ3) is 3.04. The lowest BCUT2D eigenvalue weighted by Crippen LogP contribution is -2.30. The number of pyridine rings is 1. The number of ether oxygens (including phenoxy) is 1. The maximum absolute atomic E-state index is 14.4. The molecule has 0 aliphatic rings. The van der Waals surface area contributed by atoms with Gasteiger partial charge in [-0.25, -0.2) is 13.8 Å². The highest BCUT2D eigenvalue weighted by atomic mass is 35.5. The zero-order valence-electron chi connectivity index (χ0n) is 11.7. The van der Waals surface area contributed by atoms with E-state index in [4.69, 9.17) is 26.6 Å². The number of halogens is 3. The molecule has 1 heterocycles. The van der Waals surface area contributed by atoms with Crippen molar-refractivity contribution in [2.45, 2.75) is 5.67 Å². The molecule has 2 aromatic rings. The van der Waals surface area contributed by atoms with Crippen molar-refractivity contribution >= 4 is 11.6 Å². The Morgan fingerprint density at radius 2 is 1.91 bits per heavy atom. The number of benzene rings is 1. The minimum absolute atomic E-state index is 0.109. The normalized spacial score (nSPS) is 11.5. The molecule has 0 aliphatic carbocycles. The monoisotopic (exact) mass is 329 g/mol. The lowest BCUT2D eigenvalue weighted by Gasteiger charge is -2.21. The van der Waals surface area contributed by atoms with E-state index in [9.17, 15) is 8.78 Å². The summed E-state index contributed by atoms with van der Waals surface area (Å²) in [5.74, 6) is -0.268. The molecule has 0 saturated carbocycles. The molecule has 0 spiro atoms. The number of hydrogen-bond acceptors (Lipinski definition) is 4. The van der Waals surface area contributed by atoms with Crippen molar-refractivity contribution in [1.82, 2.24) is 4.98 Å². The molecule has 22 heavy (non-hydrogen) atoms. The maximum atomic E-state index is 14.4. The van der Waals surface area contributed by atoms with Gasteiger partial charge in [0.2, 0.25) is 0 Å². The predicted octanol–water partition coefficient (Wildman–Crippen LogP) is 2.70. The van der Waals surface area contributed by atoms with Gasteiger partial charge in [0.15, 0.2) is 5.67 Å². The summed E-state index contributed by atoms with van der Waals surface area (Å²) in [7, 11) is 1.41. The van der Waals surface area contributed by atoms with Crippen molar-refractivity contribution in [2.75, 3.05) is 20.3 Å². The zero-order chi connectivity index (χ0) is 16.3. The lowest BCUT2D eigenvalue weighted by molar-refractivity contribution is 0.00963.